The van der Waals surface area contributed by atoms with Gasteiger partial charge < -0.3 is 9.16 Å². The Hall–Kier alpha value is 0.137. The fourth-order valence-electron chi connectivity index (χ4n) is 2.81. The molecule has 0 spiro atoms. The molecule has 3 heteroatoms. The van der Waals surface area contributed by atoms with Crippen molar-refractivity contribution in [1.82, 2.24) is 0 Å². The van der Waals surface area contributed by atoms with Crippen LogP contribution in [0, 0.1) is 0 Å². The molecule has 1 atom stereocenters. The molecule has 13 heavy (non-hydrogen) atoms. The van der Waals surface area contributed by atoms with Crippen molar-refractivity contribution in [3.8, 4) is 0 Å². The highest BCUT2D eigenvalue weighted by atomic mass is 28.4. The predicted octanol–water partition coefficient (Wildman–Crippen LogP) is 2.48. The van der Waals surface area contributed by atoms with Crippen LogP contribution in [-0.4, -0.2) is 27.3 Å². The van der Waals surface area contributed by atoms with Gasteiger partial charge in [-0.1, -0.05) is 12.8 Å². The molecule has 0 amide bonds. The first-order chi connectivity index (χ1) is 6.37. The number of hydrogen-bond donors (Lipinski definition) is 0. The Morgan fingerprint density at radius 2 is 2.08 bits per heavy atom. The normalized spacial score (nSPS) is 32.5. The smallest absolute Gasteiger partial charge is 0.220 e. The van der Waals surface area contributed by atoms with Gasteiger partial charge >= 0.3 is 0 Å². The largest absolute Gasteiger partial charge is 0.414 e. The van der Waals surface area contributed by atoms with Crippen molar-refractivity contribution in [2.75, 3.05) is 13.2 Å². The van der Waals surface area contributed by atoms with Crippen LogP contribution >= 0.6 is 0 Å². The summed E-state index contributed by atoms with van der Waals surface area (Å²) in [6, 6.07) is 2.71. The second-order valence-electron chi connectivity index (χ2n) is 4.21. The Labute approximate surface area is 81.7 Å². The van der Waals surface area contributed by atoms with E-state index in [0.717, 1.165) is 13.2 Å². The molecule has 0 aromatic heterocycles. The molecule has 0 bridgehead atoms. The number of rotatable bonds is 3. The summed E-state index contributed by atoms with van der Waals surface area (Å²) in [5.74, 6) is 0. The minimum atomic E-state index is -1.42. The first kappa shape index (κ1) is 9.68. The van der Waals surface area contributed by atoms with Crippen LogP contribution in [0.5, 0.6) is 0 Å². The highest BCUT2D eigenvalue weighted by molar-refractivity contribution is 6.75. The lowest BCUT2D eigenvalue weighted by molar-refractivity contribution is 0.135. The lowest BCUT2D eigenvalue weighted by atomic mass is 10.4. The van der Waals surface area contributed by atoms with E-state index in [4.69, 9.17) is 9.16 Å². The van der Waals surface area contributed by atoms with Gasteiger partial charge in [0.15, 0.2) is 0 Å². The molecule has 2 rings (SSSR count). The van der Waals surface area contributed by atoms with Crippen LogP contribution in [0.25, 0.3) is 0 Å². The van der Waals surface area contributed by atoms with Gasteiger partial charge in [0.05, 0.1) is 5.73 Å². The van der Waals surface area contributed by atoms with E-state index in [2.05, 4.69) is 6.92 Å². The Kier molecular flexibility index (Phi) is 3.06. The minimum absolute atomic E-state index is 0.537. The molecule has 2 saturated heterocycles. The van der Waals surface area contributed by atoms with Gasteiger partial charge in [-0.3, -0.25) is 0 Å². The standard InChI is InChI=1S/C10H20O2Si/c1-2-12-13(8-3-4-9-13)10-6-5-7-11-10/h10H,2-9H2,1H3. The third-order valence-corrected chi connectivity index (χ3v) is 8.29. The van der Waals surface area contributed by atoms with E-state index in [-0.39, 0.29) is 0 Å². The van der Waals surface area contributed by atoms with Gasteiger partial charge in [-0.25, -0.2) is 0 Å². The summed E-state index contributed by atoms with van der Waals surface area (Å²) < 4.78 is 11.9. The van der Waals surface area contributed by atoms with Crippen molar-refractivity contribution in [1.29, 1.82) is 0 Å². The molecule has 0 radical (unpaired) electrons. The van der Waals surface area contributed by atoms with Crippen LogP contribution in [0.4, 0.5) is 0 Å². The molecule has 2 fully saturated rings. The van der Waals surface area contributed by atoms with E-state index in [1.54, 1.807) is 0 Å². The maximum atomic E-state index is 6.09. The van der Waals surface area contributed by atoms with E-state index in [0.29, 0.717) is 5.73 Å². The van der Waals surface area contributed by atoms with Crippen molar-refractivity contribution >= 4 is 8.32 Å². The van der Waals surface area contributed by atoms with E-state index in [1.807, 2.05) is 0 Å². The minimum Gasteiger partial charge on any atom is -0.414 e. The quantitative estimate of drug-likeness (QED) is 0.652. The molecule has 0 aliphatic carbocycles. The predicted molar refractivity (Wildman–Crippen MR) is 55.2 cm³/mol. The lowest BCUT2D eigenvalue weighted by Gasteiger charge is -2.31. The molecule has 2 nitrogen and oxygen atoms in total. The van der Waals surface area contributed by atoms with Gasteiger partial charge in [0, 0.05) is 13.2 Å². The zero-order valence-electron chi connectivity index (χ0n) is 8.55. The molecule has 0 N–H and O–H groups in total. The molecule has 0 aromatic carbocycles. The zero-order valence-corrected chi connectivity index (χ0v) is 9.55. The summed E-state index contributed by atoms with van der Waals surface area (Å²) in [5.41, 5.74) is 0.537. The Morgan fingerprint density at radius 3 is 2.62 bits per heavy atom. The lowest BCUT2D eigenvalue weighted by Crippen LogP contribution is -2.47. The van der Waals surface area contributed by atoms with E-state index < -0.39 is 8.32 Å². The van der Waals surface area contributed by atoms with E-state index in [1.165, 1.54) is 37.8 Å². The summed E-state index contributed by atoms with van der Waals surface area (Å²) >= 11 is 0. The van der Waals surface area contributed by atoms with Gasteiger partial charge in [0.1, 0.15) is 0 Å². The Bertz CT molecular complexity index is 160. The fourth-order valence-corrected chi connectivity index (χ4v) is 7.60. The summed E-state index contributed by atoms with van der Waals surface area (Å²) in [6.45, 7) is 4.00. The van der Waals surface area contributed by atoms with Crippen LogP contribution in [0.15, 0.2) is 0 Å². The first-order valence-corrected chi connectivity index (χ1v) is 8.03. The molecule has 2 heterocycles. The summed E-state index contributed by atoms with van der Waals surface area (Å²) in [6.07, 6.45) is 5.29. The van der Waals surface area contributed by atoms with Crippen molar-refractivity contribution in [2.45, 2.75) is 50.4 Å². The van der Waals surface area contributed by atoms with Gasteiger partial charge in [0.25, 0.3) is 0 Å². The third kappa shape index (κ3) is 1.83. The number of hydrogen-bond acceptors (Lipinski definition) is 2. The van der Waals surface area contributed by atoms with E-state index >= 15 is 0 Å². The van der Waals surface area contributed by atoms with E-state index in [9.17, 15) is 0 Å². The van der Waals surface area contributed by atoms with Gasteiger partial charge in [-0.05, 0) is 31.9 Å². The molecule has 0 aromatic rings. The van der Waals surface area contributed by atoms with Crippen molar-refractivity contribution < 1.29 is 9.16 Å². The first-order valence-electron chi connectivity index (χ1n) is 5.63. The van der Waals surface area contributed by atoms with Crippen LogP contribution in [0.1, 0.15) is 32.6 Å². The third-order valence-electron chi connectivity index (χ3n) is 3.40. The second kappa shape index (κ2) is 4.11. The van der Waals surface area contributed by atoms with Crippen LogP contribution < -0.4 is 0 Å². The topological polar surface area (TPSA) is 18.5 Å². The highest BCUT2D eigenvalue weighted by Crippen LogP contribution is 2.38. The maximum absolute atomic E-state index is 6.09. The average molecular weight is 200 g/mol. The fraction of sp³-hybridized carbons (Fsp3) is 1.00. The molecule has 2 aliphatic heterocycles. The zero-order chi connectivity index (χ0) is 9.15. The molecule has 0 saturated carbocycles. The molecular weight excluding hydrogens is 180 g/mol. The Morgan fingerprint density at radius 1 is 1.31 bits per heavy atom. The SMILES string of the molecule is CCO[Si]1(C2CCCO2)CCCC1. The van der Waals surface area contributed by atoms with Crippen LogP contribution in [0.2, 0.25) is 12.1 Å². The summed E-state index contributed by atoms with van der Waals surface area (Å²) in [7, 11) is -1.42. The molecular formula is C10H20O2Si. The van der Waals surface area contributed by atoms with Crippen molar-refractivity contribution in [3.05, 3.63) is 0 Å². The van der Waals surface area contributed by atoms with Gasteiger partial charge in [-0.2, -0.15) is 0 Å². The van der Waals surface area contributed by atoms with Gasteiger partial charge in [0.2, 0.25) is 8.32 Å². The molecule has 2 aliphatic rings. The second-order valence-corrected chi connectivity index (χ2v) is 8.27. The van der Waals surface area contributed by atoms with Gasteiger partial charge in [-0.15, -0.1) is 0 Å². The maximum Gasteiger partial charge on any atom is 0.220 e. The monoisotopic (exact) mass is 200 g/mol. The van der Waals surface area contributed by atoms with Crippen LogP contribution in [0.3, 0.4) is 0 Å². The number of ether oxygens (including phenoxy) is 1. The van der Waals surface area contributed by atoms with Crippen LogP contribution in [-0.2, 0) is 9.16 Å². The highest BCUT2D eigenvalue weighted by Gasteiger charge is 2.47. The summed E-state index contributed by atoms with van der Waals surface area (Å²) in [4.78, 5) is 0. The Balaban J connectivity index is 2.02. The van der Waals surface area contributed by atoms with Crippen molar-refractivity contribution in [3.63, 3.8) is 0 Å². The van der Waals surface area contributed by atoms with Crippen molar-refractivity contribution in [2.24, 2.45) is 0 Å². The molecule has 1 unspecified atom stereocenters. The average Bonchev–Trinajstić information content (AvgIpc) is 2.73. The summed E-state index contributed by atoms with van der Waals surface area (Å²) in [5, 5.41) is 0. The molecule has 76 valence electrons.